The molecule has 0 atom stereocenters. The highest BCUT2D eigenvalue weighted by Crippen LogP contribution is 2.19. The number of anilines is 3. The van der Waals surface area contributed by atoms with Gasteiger partial charge in [0.2, 0.25) is 23.4 Å². The third-order valence-electron chi connectivity index (χ3n) is 4.03. The second-order valence-electron chi connectivity index (χ2n) is 6.20. The van der Waals surface area contributed by atoms with Crippen molar-refractivity contribution in [2.75, 3.05) is 10.6 Å². The number of nitrogens with zero attached hydrogens (tertiary/aromatic N) is 4. The van der Waals surface area contributed by atoms with E-state index in [4.69, 9.17) is 4.52 Å². The van der Waals surface area contributed by atoms with Gasteiger partial charge in [-0.2, -0.15) is 4.98 Å². The molecule has 0 unspecified atom stereocenters. The molecule has 2 aromatic heterocycles. The third kappa shape index (κ3) is 5.01. The molecule has 29 heavy (non-hydrogen) atoms. The Bertz CT molecular complexity index is 1070. The van der Waals surface area contributed by atoms with Crippen LogP contribution >= 0.6 is 0 Å². The van der Waals surface area contributed by atoms with Crippen molar-refractivity contribution in [3.63, 3.8) is 0 Å². The molecule has 4 rings (SSSR count). The van der Waals surface area contributed by atoms with Gasteiger partial charge in [-0.05, 0) is 42.5 Å². The Hall–Kier alpha value is -4.07. The fraction of sp³-hybridized carbons (Fsp3) is 0.0952. The van der Waals surface area contributed by atoms with Gasteiger partial charge in [-0.3, -0.25) is 4.79 Å². The van der Waals surface area contributed by atoms with Crippen LogP contribution in [0, 0.1) is 0 Å². The van der Waals surface area contributed by atoms with Gasteiger partial charge in [0.05, 0.1) is 0 Å². The molecular formula is C21H18N6O2. The van der Waals surface area contributed by atoms with Gasteiger partial charge in [0.15, 0.2) is 0 Å². The molecular weight excluding hydrogens is 368 g/mol. The Morgan fingerprint density at radius 3 is 2.28 bits per heavy atom. The Morgan fingerprint density at radius 1 is 0.828 bits per heavy atom. The van der Waals surface area contributed by atoms with E-state index in [-0.39, 0.29) is 12.3 Å². The summed E-state index contributed by atoms with van der Waals surface area (Å²) in [6, 6.07) is 19.1. The van der Waals surface area contributed by atoms with E-state index in [1.165, 1.54) is 0 Å². The van der Waals surface area contributed by atoms with Crippen LogP contribution in [0.15, 0.2) is 77.6 Å². The predicted octanol–water partition coefficient (Wildman–Crippen LogP) is 3.84. The second-order valence-corrected chi connectivity index (χ2v) is 6.20. The van der Waals surface area contributed by atoms with Gasteiger partial charge in [0.1, 0.15) is 0 Å². The summed E-state index contributed by atoms with van der Waals surface area (Å²) in [6.45, 7) is 0. The standard InChI is InChI=1S/C21H18N6O2/c28-18(11-12-19-26-21(27-29-19)20-22-13-4-14-23-20)25-17-9-7-16(8-10-17)24-15-5-2-1-3-6-15/h1-10,13-14,24H,11-12H2,(H,25,28). The van der Waals surface area contributed by atoms with Crippen LogP contribution < -0.4 is 10.6 Å². The average molecular weight is 386 g/mol. The van der Waals surface area contributed by atoms with Gasteiger partial charge in [0.25, 0.3) is 0 Å². The molecule has 0 fully saturated rings. The van der Waals surface area contributed by atoms with E-state index >= 15 is 0 Å². The van der Waals surface area contributed by atoms with E-state index in [2.05, 4.69) is 30.7 Å². The smallest absolute Gasteiger partial charge is 0.240 e. The van der Waals surface area contributed by atoms with Crippen LogP contribution in [0.1, 0.15) is 12.3 Å². The van der Waals surface area contributed by atoms with Crippen molar-refractivity contribution >= 4 is 23.0 Å². The van der Waals surface area contributed by atoms with Crippen LogP contribution in [0.5, 0.6) is 0 Å². The molecule has 2 aromatic carbocycles. The maximum absolute atomic E-state index is 12.2. The number of benzene rings is 2. The maximum atomic E-state index is 12.2. The zero-order chi connectivity index (χ0) is 19.9. The third-order valence-corrected chi connectivity index (χ3v) is 4.03. The maximum Gasteiger partial charge on any atom is 0.240 e. The van der Waals surface area contributed by atoms with Gasteiger partial charge in [-0.1, -0.05) is 23.4 Å². The number of rotatable bonds is 7. The van der Waals surface area contributed by atoms with Crippen molar-refractivity contribution < 1.29 is 9.32 Å². The number of hydrogen-bond acceptors (Lipinski definition) is 7. The number of hydrogen-bond donors (Lipinski definition) is 2. The van der Waals surface area contributed by atoms with Crippen molar-refractivity contribution in [3.8, 4) is 11.6 Å². The molecule has 144 valence electrons. The SMILES string of the molecule is O=C(CCc1nc(-c2ncccn2)no1)Nc1ccc(Nc2ccccc2)cc1. The van der Waals surface area contributed by atoms with Crippen LogP contribution in [0.3, 0.4) is 0 Å². The summed E-state index contributed by atoms with van der Waals surface area (Å²) in [7, 11) is 0. The molecule has 0 aliphatic carbocycles. The summed E-state index contributed by atoms with van der Waals surface area (Å²) in [6.07, 6.45) is 3.76. The molecule has 8 nitrogen and oxygen atoms in total. The minimum absolute atomic E-state index is 0.135. The molecule has 0 radical (unpaired) electrons. The molecule has 0 aliphatic heterocycles. The number of aromatic nitrogens is 4. The minimum Gasteiger partial charge on any atom is -0.356 e. The molecule has 1 amide bonds. The number of aryl methyl sites for hydroxylation is 1. The summed E-state index contributed by atoms with van der Waals surface area (Å²) < 4.78 is 5.16. The van der Waals surface area contributed by atoms with Crippen molar-refractivity contribution in [2.24, 2.45) is 0 Å². The first-order valence-corrected chi connectivity index (χ1v) is 9.08. The lowest BCUT2D eigenvalue weighted by Crippen LogP contribution is -2.12. The van der Waals surface area contributed by atoms with E-state index in [0.29, 0.717) is 24.0 Å². The van der Waals surface area contributed by atoms with E-state index in [1.807, 2.05) is 54.6 Å². The minimum atomic E-state index is -0.135. The van der Waals surface area contributed by atoms with E-state index < -0.39 is 0 Å². The highest BCUT2D eigenvalue weighted by atomic mass is 16.5. The number of para-hydroxylation sites is 1. The molecule has 4 aromatic rings. The molecule has 0 saturated heterocycles. The lowest BCUT2D eigenvalue weighted by Gasteiger charge is -2.08. The summed E-state index contributed by atoms with van der Waals surface area (Å²) in [5.74, 6) is 0.924. The monoisotopic (exact) mass is 386 g/mol. The van der Waals surface area contributed by atoms with Crippen molar-refractivity contribution in [1.82, 2.24) is 20.1 Å². The van der Waals surface area contributed by atoms with Crippen LogP contribution in [0.2, 0.25) is 0 Å². The molecule has 0 aliphatic rings. The molecule has 0 spiro atoms. The van der Waals surface area contributed by atoms with Crippen LogP contribution in [0.4, 0.5) is 17.1 Å². The Morgan fingerprint density at radius 2 is 1.52 bits per heavy atom. The van der Waals surface area contributed by atoms with Gasteiger partial charge >= 0.3 is 0 Å². The molecule has 0 bridgehead atoms. The van der Waals surface area contributed by atoms with E-state index in [0.717, 1.165) is 17.1 Å². The average Bonchev–Trinajstić information content (AvgIpc) is 3.24. The summed E-state index contributed by atoms with van der Waals surface area (Å²) in [4.78, 5) is 24.5. The number of carbonyl (C=O) groups excluding carboxylic acids is 1. The number of carbonyl (C=O) groups is 1. The summed E-state index contributed by atoms with van der Waals surface area (Å²) in [5.41, 5.74) is 2.66. The first-order valence-electron chi connectivity index (χ1n) is 9.08. The molecule has 0 saturated carbocycles. The summed E-state index contributed by atoms with van der Waals surface area (Å²) in [5, 5.41) is 10.00. The van der Waals surface area contributed by atoms with Gasteiger partial charge in [-0.15, -0.1) is 0 Å². The quantitative estimate of drug-likeness (QED) is 0.497. The molecule has 2 heterocycles. The Balaban J connectivity index is 1.28. The fourth-order valence-corrected chi connectivity index (χ4v) is 2.63. The first-order chi connectivity index (χ1) is 14.3. The number of nitrogens with one attached hydrogen (secondary N) is 2. The second kappa shape index (κ2) is 8.75. The van der Waals surface area contributed by atoms with E-state index in [1.54, 1.807) is 18.5 Å². The Labute approximate surface area is 167 Å². The van der Waals surface area contributed by atoms with Gasteiger partial charge in [-0.25, -0.2) is 9.97 Å². The normalized spacial score (nSPS) is 10.5. The fourth-order valence-electron chi connectivity index (χ4n) is 2.63. The molecule has 2 N–H and O–H groups in total. The van der Waals surface area contributed by atoms with Gasteiger partial charge in [0, 0.05) is 42.3 Å². The van der Waals surface area contributed by atoms with Gasteiger partial charge < -0.3 is 15.2 Å². The topological polar surface area (TPSA) is 106 Å². The highest BCUT2D eigenvalue weighted by Gasteiger charge is 2.12. The van der Waals surface area contributed by atoms with Crippen molar-refractivity contribution in [2.45, 2.75) is 12.8 Å². The van der Waals surface area contributed by atoms with Crippen LogP contribution in [-0.4, -0.2) is 26.0 Å². The molecule has 8 heteroatoms. The van der Waals surface area contributed by atoms with Crippen molar-refractivity contribution in [1.29, 1.82) is 0 Å². The van der Waals surface area contributed by atoms with E-state index in [9.17, 15) is 4.79 Å². The van der Waals surface area contributed by atoms with Crippen molar-refractivity contribution in [3.05, 3.63) is 78.9 Å². The lowest BCUT2D eigenvalue weighted by molar-refractivity contribution is -0.116. The zero-order valence-corrected chi connectivity index (χ0v) is 15.4. The summed E-state index contributed by atoms with van der Waals surface area (Å²) >= 11 is 0. The lowest BCUT2D eigenvalue weighted by atomic mass is 10.2. The number of amides is 1. The Kier molecular flexibility index (Phi) is 5.52. The van der Waals surface area contributed by atoms with Crippen LogP contribution in [0.25, 0.3) is 11.6 Å². The first kappa shape index (κ1) is 18.3. The zero-order valence-electron chi connectivity index (χ0n) is 15.4. The largest absolute Gasteiger partial charge is 0.356 e. The predicted molar refractivity (Wildman–Crippen MR) is 108 cm³/mol. The van der Waals surface area contributed by atoms with Crippen LogP contribution in [-0.2, 0) is 11.2 Å². The highest BCUT2D eigenvalue weighted by molar-refractivity contribution is 5.91.